The molecule has 0 saturated carbocycles. The normalized spacial score (nSPS) is 10.2. The molecule has 2 aromatic rings. The van der Waals surface area contributed by atoms with Gasteiger partial charge in [0.1, 0.15) is 0 Å². The molecule has 0 saturated heterocycles. The molecular formula is C20H21NO4S. The van der Waals surface area contributed by atoms with Crippen LogP contribution in [0.1, 0.15) is 28.8 Å². The highest BCUT2D eigenvalue weighted by atomic mass is 32.2. The van der Waals surface area contributed by atoms with Gasteiger partial charge in [-0.15, -0.1) is 11.8 Å². The van der Waals surface area contributed by atoms with Crippen molar-refractivity contribution in [2.24, 2.45) is 0 Å². The lowest BCUT2D eigenvalue weighted by atomic mass is 10.1. The third kappa shape index (κ3) is 6.04. The second-order valence-electron chi connectivity index (χ2n) is 5.68. The van der Waals surface area contributed by atoms with E-state index < -0.39 is 11.9 Å². The number of hydrogen-bond acceptors (Lipinski definition) is 5. The van der Waals surface area contributed by atoms with Crippen molar-refractivity contribution in [3.05, 3.63) is 59.7 Å². The predicted octanol–water partition coefficient (Wildman–Crippen LogP) is 3.86. The minimum atomic E-state index is -0.570. The highest BCUT2D eigenvalue weighted by Gasteiger charge is 2.12. The Bertz CT molecular complexity index is 787. The molecule has 0 aliphatic heterocycles. The van der Waals surface area contributed by atoms with Crippen molar-refractivity contribution in [3.63, 3.8) is 0 Å². The molecule has 1 amide bonds. The first-order valence-corrected chi connectivity index (χ1v) is 9.40. The Morgan fingerprint density at radius 1 is 1.00 bits per heavy atom. The number of nitrogens with one attached hydrogen (secondary N) is 1. The first-order chi connectivity index (χ1) is 12.5. The van der Waals surface area contributed by atoms with Gasteiger partial charge in [0, 0.05) is 22.6 Å². The summed E-state index contributed by atoms with van der Waals surface area (Å²) in [5.41, 5.74) is 2.16. The summed E-state index contributed by atoms with van der Waals surface area (Å²) in [7, 11) is 0. The van der Waals surface area contributed by atoms with Crippen molar-refractivity contribution < 1.29 is 19.1 Å². The second-order valence-corrected chi connectivity index (χ2v) is 6.56. The fraction of sp³-hybridized carbons (Fsp3) is 0.250. The van der Waals surface area contributed by atoms with Crippen LogP contribution in [0.3, 0.4) is 0 Å². The van der Waals surface area contributed by atoms with Crippen LogP contribution in [-0.2, 0) is 14.3 Å². The van der Waals surface area contributed by atoms with E-state index in [0.717, 1.165) is 10.5 Å². The van der Waals surface area contributed by atoms with Crippen LogP contribution >= 0.6 is 11.8 Å². The predicted molar refractivity (Wildman–Crippen MR) is 103 cm³/mol. The lowest BCUT2D eigenvalue weighted by Crippen LogP contribution is -2.21. The second kappa shape index (κ2) is 9.77. The van der Waals surface area contributed by atoms with Crippen molar-refractivity contribution in [1.29, 1.82) is 0 Å². The molecule has 0 atom stereocenters. The molecule has 2 rings (SSSR count). The van der Waals surface area contributed by atoms with Crippen molar-refractivity contribution >= 4 is 35.1 Å². The Labute approximate surface area is 157 Å². The lowest BCUT2D eigenvalue weighted by Gasteiger charge is -2.08. The molecule has 0 aliphatic carbocycles. The summed E-state index contributed by atoms with van der Waals surface area (Å²) in [6.07, 6.45) is 1.96. The van der Waals surface area contributed by atoms with E-state index in [1.807, 2.05) is 43.5 Å². The smallest absolute Gasteiger partial charge is 0.306 e. The minimum absolute atomic E-state index is 0.0524. The van der Waals surface area contributed by atoms with E-state index in [2.05, 4.69) is 5.32 Å². The Morgan fingerprint density at radius 2 is 1.69 bits per heavy atom. The van der Waals surface area contributed by atoms with Crippen molar-refractivity contribution in [2.75, 3.05) is 18.2 Å². The monoisotopic (exact) mass is 371 g/mol. The molecule has 0 fully saturated rings. The highest BCUT2D eigenvalue weighted by Crippen LogP contribution is 2.16. The van der Waals surface area contributed by atoms with E-state index in [9.17, 15) is 14.4 Å². The number of anilines is 1. The maximum absolute atomic E-state index is 12.1. The van der Waals surface area contributed by atoms with Gasteiger partial charge in [0.25, 0.3) is 5.91 Å². The summed E-state index contributed by atoms with van der Waals surface area (Å²) in [5, 5.41) is 2.68. The average molecular weight is 371 g/mol. The maximum atomic E-state index is 12.1. The molecule has 6 heteroatoms. The number of para-hydroxylation sites is 1. The molecule has 2 aromatic carbocycles. The zero-order chi connectivity index (χ0) is 18.9. The Morgan fingerprint density at radius 3 is 2.35 bits per heavy atom. The molecule has 1 N–H and O–H groups in total. The Balaban J connectivity index is 1.73. The Hall–Kier alpha value is -2.60. The van der Waals surface area contributed by atoms with Gasteiger partial charge in [-0.3, -0.25) is 14.4 Å². The van der Waals surface area contributed by atoms with Crippen LogP contribution in [-0.4, -0.2) is 30.5 Å². The molecule has 26 heavy (non-hydrogen) atoms. The first kappa shape index (κ1) is 19.7. The minimum Gasteiger partial charge on any atom is -0.456 e. The number of carbonyl (C=O) groups excluding carboxylic acids is 3. The van der Waals surface area contributed by atoms with Gasteiger partial charge in [-0.25, -0.2) is 0 Å². The van der Waals surface area contributed by atoms with Gasteiger partial charge in [-0.1, -0.05) is 30.3 Å². The van der Waals surface area contributed by atoms with Gasteiger partial charge < -0.3 is 10.1 Å². The summed E-state index contributed by atoms with van der Waals surface area (Å²) < 4.78 is 4.93. The lowest BCUT2D eigenvalue weighted by molar-refractivity contribution is -0.147. The van der Waals surface area contributed by atoms with Crippen molar-refractivity contribution in [2.45, 2.75) is 24.7 Å². The molecule has 0 aliphatic rings. The number of ether oxygens (including phenoxy) is 1. The summed E-state index contributed by atoms with van der Waals surface area (Å²) in [5.74, 6) is -1.11. The molecular weight excluding hydrogens is 350 g/mol. The molecule has 0 aromatic heterocycles. The standard InChI is InChI=1S/C20H21NO4S/c1-14-5-3-4-6-17(14)21-19(23)13-25-20(24)12-11-18(22)15-7-9-16(26-2)10-8-15/h3-10H,11-13H2,1-2H3,(H,21,23). The molecule has 5 nitrogen and oxygen atoms in total. The van der Waals surface area contributed by atoms with Crippen LogP contribution in [0.5, 0.6) is 0 Å². The molecule has 0 spiro atoms. The number of hydrogen-bond donors (Lipinski definition) is 1. The van der Waals surface area contributed by atoms with Crippen LogP contribution in [0.2, 0.25) is 0 Å². The van der Waals surface area contributed by atoms with Gasteiger partial charge in [0.15, 0.2) is 12.4 Å². The maximum Gasteiger partial charge on any atom is 0.306 e. The zero-order valence-electron chi connectivity index (χ0n) is 14.8. The van der Waals surface area contributed by atoms with Gasteiger partial charge in [0.05, 0.1) is 6.42 Å². The van der Waals surface area contributed by atoms with E-state index in [1.165, 1.54) is 0 Å². The fourth-order valence-electron chi connectivity index (χ4n) is 2.25. The topological polar surface area (TPSA) is 72.5 Å². The molecule has 0 radical (unpaired) electrons. The van der Waals surface area contributed by atoms with E-state index >= 15 is 0 Å². The number of Topliss-reactive ketones (excluding diaryl/α,β-unsaturated/α-hetero) is 1. The fourth-order valence-corrected chi connectivity index (χ4v) is 2.66. The van der Waals surface area contributed by atoms with E-state index in [1.54, 1.807) is 30.0 Å². The number of carbonyl (C=O) groups is 3. The number of ketones is 1. The first-order valence-electron chi connectivity index (χ1n) is 8.18. The van der Waals surface area contributed by atoms with E-state index in [0.29, 0.717) is 11.3 Å². The summed E-state index contributed by atoms with van der Waals surface area (Å²) in [6.45, 7) is 1.50. The van der Waals surface area contributed by atoms with Crippen LogP contribution in [0, 0.1) is 6.92 Å². The van der Waals surface area contributed by atoms with Gasteiger partial charge in [0.2, 0.25) is 0 Å². The molecule has 0 bridgehead atoms. The molecule has 0 heterocycles. The van der Waals surface area contributed by atoms with Crippen LogP contribution < -0.4 is 5.32 Å². The number of aryl methyl sites for hydroxylation is 1. The quantitative estimate of drug-likeness (QED) is 0.433. The summed E-state index contributed by atoms with van der Waals surface area (Å²) in [4.78, 5) is 36.7. The van der Waals surface area contributed by atoms with E-state index in [4.69, 9.17) is 4.74 Å². The van der Waals surface area contributed by atoms with Crippen molar-refractivity contribution in [3.8, 4) is 0 Å². The highest BCUT2D eigenvalue weighted by molar-refractivity contribution is 7.98. The number of benzene rings is 2. The van der Waals surface area contributed by atoms with Gasteiger partial charge in [-0.05, 0) is 36.9 Å². The van der Waals surface area contributed by atoms with Gasteiger partial charge >= 0.3 is 5.97 Å². The number of esters is 1. The molecule has 0 unspecified atom stereocenters. The number of thioether (sulfide) groups is 1. The summed E-state index contributed by atoms with van der Waals surface area (Å²) >= 11 is 1.59. The largest absolute Gasteiger partial charge is 0.456 e. The van der Waals surface area contributed by atoms with Crippen LogP contribution in [0.4, 0.5) is 5.69 Å². The van der Waals surface area contributed by atoms with Crippen molar-refractivity contribution in [1.82, 2.24) is 0 Å². The van der Waals surface area contributed by atoms with Crippen LogP contribution in [0.25, 0.3) is 0 Å². The average Bonchev–Trinajstić information content (AvgIpc) is 2.66. The van der Waals surface area contributed by atoms with E-state index in [-0.39, 0.29) is 25.2 Å². The zero-order valence-corrected chi connectivity index (χ0v) is 15.6. The van der Waals surface area contributed by atoms with Crippen LogP contribution in [0.15, 0.2) is 53.4 Å². The third-order valence-corrected chi connectivity index (χ3v) is 4.50. The third-order valence-electron chi connectivity index (χ3n) is 3.75. The SMILES string of the molecule is CSc1ccc(C(=O)CCC(=O)OCC(=O)Nc2ccccc2C)cc1. The number of amides is 1. The Kier molecular flexibility index (Phi) is 7.41. The molecule has 136 valence electrons. The van der Waals surface area contributed by atoms with Gasteiger partial charge in [-0.2, -0.15) is 0 Å². The summed E-state index contributed by atoms with van der Waals surface area (Å²) in [6, 6.07) is 14.6. The number of rotatable bonds is 8.